The molecule has 21 heavy (non-hydrogen) atoms. The summed E-state index contributed by atoms with van der Waals surface area (Å²) in [6.45, 7) is 10.2. The summed E-state index contributed by atoms with van der Waals surface area (Å²) in [7, 11) is 0. The van der Waals surface area contributed by atoms with Gasteiger partial charge in [0, 0.05) is 17.8 Å². The van der Waals surface area contributed by atoms with Crippen molar-refractivity contribution in [2.45, 2.75) is 47.2 Å². The van der Waals surface area contributed by atoms with E-state index in [-0.39, 0.29) is 17.5 Å². The quantitative estimate of drug-likeness (QED) is 0.686. The summed E-state index contributed by atoms with van der Waals surface area (Å²) in [4.78, 5) is 10.6. The van der Waals surface area contributed by atoms with Crippen LogP contribution in [0.1, 0.15) is 42.5 Å². The Balaban J connectivity index is 2.56. The molecule has 0 saturated carbocycles. The van der Waals surface area contributed by atoms with Crippen molar-refractivity contribution in [3.05, 3.63) is 32.8 Å². The second kappa shape index (κ2) is 5.19. The highest BCUT2D eigenvalue weighted by molar-refractivity contribution is 5.56. The number of nitro groups is 1. The number of anilines is 1. The van der Waals surface area contributed by atoms with Crippen molar-refractivity contribution in [1.82, 2.24) is 19.6 Å². The minimum atomic E-state index is -0.490. The molecule has 2 N–H and O–H groups in total. The van der Waals surface area contributed by atoms with Gasteiger partial charge in [-0.25, -0.2) is 4.68 Å². The molecular weight excluding hydrogens is 272 g/mol. The van der Waals surface area contributed by atoms with Crippen LogP contribution in [0.15, 0.2) is 0 Å². The van der Waals surface area contributed by atoms with E-state index in [0.29, 0.717) is 5.69 Å². The monoisotopic (exact) mass is 292 g/mol. The molecule has 0 fully saturated rings. The fourth-order valence-corrected chi connectivity index (χ4v) is 2.82. The van der Waals surface area contributed by atoms with Crippen LogP contribution in [-0.4, -0.2) is 24.5 Å². The molecule has 2 heterocycles. The van der Waals surface area contributed by atoms with E-state index in [1.807, 2.05) is 32.4 Å². The fraction of sp³-hybridized carbons (Fsp3) is 0.538. The number of hydrogen-bond donors (Lipinski definition) is 1. The molecule has 8 nitrogen and oxygen atoms in total. The van der Waals surface area contributed by atoms with Gasteiger partial charge in [0.2, 0.25) is 5.82 Å². The van der Waals surface area contributed by atoms with Crippen LogP contribution in [0, 0.1) is 30.9 Å². The van der Waals surface area contributed by atoms with Crippen molar-refractivity contribution in [3.8, 4) is 0 Å². The number of rotatable bonds is 4. The van der Waals surface area contributed by atoms with Gasteiger partial charge >= 0.3 is 5.69 Å². The molecule has 1 unspecified atom stereocenters. The lowest BCUT2D eigenvalue weighted by Crippen LogP contribution is -2.13. The number of hydrogen-bond acceptors (Lipinski definition) is 5. The maximum Gasteiger partial charge on any atom is 0.333 e. The average Bonchev–Trinajstić information content (AvgIpc) is 2.85. The molecule has 0 aromatic carbocycles. The van der Waals surface area contributed by atoms with E-state index in [1.165, 1.54) is 4.68 Å². The van der Waals surface area contributed by atoms with Crippen LogP contribution in [0.5, 0.6) is 0 Å². The molecule has 1 atom stereocenters. The fourth-order valence-electron chi connectivity index (χ4n) is 2.82. The highest BCUT2D eigenvalue weighted by atomic mass is 16.6. The Kier molecular flexibility index (Phi) is 3.71. The predicted molar refractivity (Wildman–Crippen MR) is 79.2 cm³/mol. The zero-order valence-electron chi connectivity index (χ0n) is 12.9. The molecule has 0 aliphatic heterocycles. The number of nitrogens with two attached hydrogens (primary N) is 1. The van der Waals surface area contributed by atoms with Crippen LogP contribution in [-0.2, 0) is 6.54 Å². The van der Waals surface area contributed by atoms with Gasteiger partial charge < -0.3 is 5.73 Å². The maximum absolute atomic E-state index is 11.1. The molecule has 0 spiro atoms. The third kappa shape index (κ3) is 2.26. The Morgan fingerprint density at radius 3 is 2.33 bits per heavy atom. The Bertz CT molecular complexity index is 700. The van der Waals surface area contributed by atoms with Gasteiger partial charge in [0.25, 0.3) is 0 Å². The minimum absolute atomic E-state index is 0.0769. The zero-order chi connectivity index (χ0) is 15.9. The largest absolute Gasteiger partial charge is 0.378 e. The van der Waals surface area contributed by atoms with Gasteiger partial charge in [-0.15, -0.1) is 0 Å². The van der Waals surface area contributed by atoms with Crippen LogP contribution in [0.25, 0.3) is 0 Å². The van der Waals surface area contributed by atoms with Crippen molar-refractivity contribution in [2.75, 3.05) is 5.73 Å². The van der Waals surface area contributed by atoms with Crippen LogP contribution in [0.3, 0.4) is 0 Å². The lowest BCUT2D eigenvalue weighted by Gasteiger charge is -2.14. The third-order valence-corrected chi connectivity index (χ3v) is 3.79. The van der Waals surface area contributed by atoms with Crippen LogP contribution < -0.4 is 5.73 Å². The van der Waals surface area contributed by atoms with Gasteiger partial charge in [-0.1, -0.05) is 0 Å². The van der Waals surface area contributed by atoms with Crippen LogP contribution >= 0.6 is 0 Å². The molecule has 0 aliphatic rings. The van der Waals surface area contributed by atoms with Crippen molar-refractivity contribution in [3.63, 3.8) is 0 Å². The van der Waals surface area contributed by atoms with Crippen molar-refractivity contribution in [2.24, 2.45) is 0 Å². The smallest absolute Gasteiger partial charge is 0.333 e. The lowest BCUT2D eigenvalue weighted by molar-refractivity contribution is -0.384. The van der Waals surface area contributed by atoms with Gasteiger partial charge in [0.05, 0.1) is 16.7 Å². The third-order valence-electron chi connectivity index (χ3n) is 3.79. The number of nitrogens with zero attached hydrogens (tertiary/aromatic N) is 5. The van der Waals surface area contributed by atoms with E-state index >= 15 is 0 Å². The number of aromatic nitrogens is 4. The van der Waals surface area contributed by atoms with Gasteiger partial charge in [0.1, 0.15) is 5.69 Å². The van der Waals surface area contributed by atoms with E-state index < -0.39 is 4.92 Å². The summed E-state index contributed by atoms with van der Waals surface area (Å²) in [5.41, 5.74) is 9.02. The molecule has 8 heteroatoms. The summed E-state index contributed by atoms with van der Waals surface area (Å²) in [6.07, 6.45) is 0. The maximum atomic E-state index is 11.1. The van der Waals surface area contributed by atoms with E-state index in [0.717, 1.165) is 23.5 Å². The molecule has 2 aromatic rings. The summed E-state index contributed by atoms with van der Waals surface area (Å²) in [5, 5.41) is 19.8. The summed E-state index contributed by atoms with van der Waals surface area (Å²) < 4.78 is 3.41. The topological polar surface area (TPSA) is 105 Å². The van der Waals surface area contributed by atoms with Crippen molar-refractivity contribution in [1.29, 1.82) is 0 Å². The molecule has 0 bridgehead atoms. The SMILES string of the molecule is CCn1nc(C)c(C(C)n2nc(C)c([N+](=O)[O-])c2N)c1C. The first kappa shape index (κ1) is 15.0. The average molecular weight is 292 g/mol. The Morgan fingerprint density at radius 1 is 1.29 bits per heavy atom. The van der Waals surface area contributed by atoms with Crippen LogP contribution in [0.2, 0.25) is 0 Å². The molecule has 0 saturated heterocycles. The van der Waals surface area contributed by atoms with E-state index in [4.69, 9.17) is 5.73 Å². The Labute approximate surface area is 122 Å². The first-order valence-electron chi connectivity index (χ1n) is 6.82. The van der Waals surface area contributed by atoms with E-state index in [2.05, 4.69) is 10.2 Å². The molecule has 0 amide bonds. The molecule has 114 valence electrons. The van der Waals surface area contributed by atoms with Gasteiger partial charge in [-0.05, 0) is 34.6 Å². The molecule has 0 radical (unpaired) electrons. The van der Waals surface area contributed by atoms with Gasteiger partial charge in [-0.2, -0.15) is 10.2 Å². The molecule has 2 aromatic heterocycles. The molecule has 2 rings (SSSR count). The number of aryl methyl sites for hydroxylation is 3. The number of nitrogen functional groups attached to an aromatic ring is 1. The van der Waals surface area contributed by atoms with Crippen molar-refractivity contribution >= 4 is 11.5 Å². The van der Waals surface area contributed by atoms with Gasteiger partial charge in [-0.3, -0.25) is 14.8 Å². The normalized spacial score (nSPS) is 12.6. The second-order valence-corrected chi connectivity index (χ2v) is 5.10. The minimum Gasteiger partial charge on any atom is -0.378 e. The first-order chi connectivity index (χ1) is 9.79. The highest BCUT2D eigenvalue weighted by Crippen LogP contribution is 2.32. The van der Waals surface area contributed by atoms with Crippen LogP contribution in [0.4, 0.5) is 11.5 Å². The zero-order valence-corrected chi connectivity index (χ0v) is 12.9. The van der Waals surface area contributed by atoms with Crippen molar-refractivity contribution < 1.29 is 4.92 Å². The summed E-state index contributed by atoms with van der Waals surface area (Å²) in [6, 6.07) is -0.210. The highest BCUT2D eigenvalue weighted by Gasteiger charge is 2.28. The molecule has 0 aliphatic carbocycles. The summed E-state index contributed by atoms with van der Waals surface area (Å²) >= 11 is 0. The summed E-state index contributed by atoms with van der Waals surface area (Å²) in [5.74, 6) is 0.0769. The van der Waals surface area contributed by atoms with Gasteiger partial charge in [0.15, 0.2) is 0 Å². The Hall–Kier alpha value is -2.38. The van der Waals surface area contributed by atoms with E-state index in [9.17, 15) is 10.1 Å². The first-order valence-corrected chi connectivity index (χ1v) is 6.82. The Morgan fingerprint density at radius 2 is 1.90 bits per heavy atom. The lowest BCUT2D eigenvalue weighted by atomic mass is 10.1. The van der Waals surface area contributed by atoms with E-state index in [1.54, 1.807) is 6.92 Å². The second-order valence-electron chi connectivity index (χ2n) is 5.10. The molecular formula is C13H20N6O2. The predicted octanol–water partition coefficient (Wildman–Crippen LogP) is 2.12. The standard InChI is InChI=1S/C13H20N6O2/c1-6-17-9(4)11(7(2)15-17)10(5)18-13(14)12(19(20)21)8(3)16-18/h10H,6,14H2,1-5H3.